The molecule has 15 heavy (non-hydrogen) atoms. The van der Waals surface area contributed by atoms with E-state index in [0.29, 0.717) is 0 Å². The van der Waals surface area contributed by atoms with Crippen LogP contribution in [0.1, 0.15) is 30.9 Å². The Balaban J connectivity index is 2.72. The lowest BCUT2D eigenvalue weighted by molar-refractivity contribution is 0.304. The average molecular weight is 207 g/mol. The summed E-state index contributed by atoms with van der Waals surface area (Å²) in [5, 5.41) is 3.16. The number of unbranched alkanes of at least 4 members (excludes halogenated alkanes) is 1. The van der Waals surface area contributed by atoms with Crippen LogP contribution in [0.15, 0.2) is 18.2 Å². The maximum Gasteiger partial charge on any atom is 0.126 e. The van der Waals surface area contributed by atoms with Gasteiger partial charge >= 0.3 is 0 Å². The number of hydrogen-bond donors (Lipinski definition) is 1. The van der Waals surface area contributed by atoms with E-state index in [2.05, 4.69) is 37.4 Å². The lowest BCUT2D eigenvalue weighted by Gasteiger charge is -2.13. The molecule has 0 spiro atoms. The smallest absolute Gasteiger partial charge is 0.126 e. The number of para-hydroxylation sites is 1. The van der Waals surface area contributed by atoms with Gasteiger partial charge in [-0.25, -0.2) is 0 Å². The van der Waals surface area contributed by atoms with Gasteiger partial charge in [-0.05, 0) is 26.0 Å². The fraction of sp³-hybridized carbons (Fsp3) is 0.538. The van der Waals surface area contributed by atoms with Crippen molar-refractivity contribution in [2.45, 2.75) is 33.2 Å². The molecule has 0 aliphatic heterocycles. The van der Waals surface area contributed by atoms with E-state index in [1.54, 1.807) is 0 Å². The van der Waals surface area contributed by atoms with Crippen molar-refractivity contribution in [1.82, 2.24) is 5.32 Å². The standard InChI is InChI=1S/C13H21NO/c1-4-5-9-15-13-11(2)7-6-8-12(13)10-14-3/h6-8,14H,4-5,9-10H2,1-3H3. The first-order valence-electron chi connectivity index (χ1n) is 5.65. The van der Waals surface area contributed by atoms with Gasteiger partial charge in [-0.15, -0.1) is 0 Å². The van der Waals surface area contributed by atoms with E-state index < -0.39 is 0 Å². The molecule has 0 amide bonds. The van der Waals surface area contributed by atoms with Crippen LogP contribution in [0.5, 0.6) is 5.75 Å². The quantitative estimate of drug-likeness (QED) is 0.724. The number of aryl methyl sites for hydroxylation is 1. The highest BCUT2D eigenvalue weighted by molar-refractivity contribution is 5.40. The monoisotopic (exact) mass is 207 g/mol. The molecule has 2 heteroatoms. The van der Waals surface area contributed by atoms with Crippen molar-refractivity contribution < 1.29 is 4.74 Å². The molecule has 0 saturated heterocycles. The second-order valence-electron chi connectivity index (χ2n) is 3.80. The Hall–Kier alpha value is -1.02. The highest BCUT2D eigenvalue weighted by Crippen LogP contribution is 2.23. The van der Waals surface area contributed by atoms with Crippen molar-refractivity contribution in [2.24, 2.45) is 0 Å². The summed E-state index contributed by atoms with van der Waals surface area (Å²) in [7, 11) is 1.96. The summed E-state index contributed by atoms with van der Waals surface area (Å²) in [6, 6.07) is 6.29. The Morgan fingerprint density at radius 3 is 2.80 bits per heavy atom. The highest BCUT2D eigenvalue weighted by atomic mass is 16.5. The molecule has 0 unspecified atom stereocenters. The molecule has 0 radical (unpaired) electrons. The van der Waals surface area contributed by atoms with Gasteiger partial charge in [0.1, 0.15) is 5.75 Å². The molecule has 1 aromatic rings. The maximum absolute atomic E-state index is 5.82. The van der Waals surface area contributed by atoms with Crippen LogP contribution in [0.4, 0.5) is 0 Å². The number of benzene rings is 1. The molecule has 0 bridgehead atoms. The summed E-state index contributed by atoms with van der Waals surface area (Å²) in [5.74, 6) is 1.06. The third-order valence-corrected chi connectivity index (χ3v) is 2.40. The van der Waals surface area contributed by atoms with Crippen LogP contribution in [-0.2, 0) is 6.54 Å². The third-order valence-electron chi connectivity index (χ3n) is 2.40. The minimum absolute atomic E-state index is 0.818. The van der Waals surface area contributed by atoms with Crippen molar-refractivity contribution >= 4 is 0 Å². The van der Waals surface area contributed by atoms with Gasteiger partial charge in [0.15, 0.2) is 0 Å². The van der Waals surface area contributed by atoms with Crippen LogP contribution in [0, 0.1) is 6.92 Å². The van der Waals surface area contributed by atoms with Gasteiger partial charge in [-0.3, -0.25) is 0 Å². The lowest BCUT2D eigenvalue weighted by Crippen LogP contribution is -2.09. The topological polar surface area (TPSA) is 21.3 Å². The molecule has 0 heterocycles. The minimum atomic E-state index is 0.818. The Bertz CT molecular complexity index is 297. The van der Waals surface area contributed by atoms with Gasteiger partial charge in [0.05, 0.1) is 6.61 Å². The van der Waals surface area contributed by atoms with Crippen LogP contribution in [0.3, 0.4) is 0 Å². The zero-order valence-electron chi connectivity index (χ0n) is 9.97. The SMILES string of the molecule is CCCCOc1c(C)cccc1CNC. The number of nitrogens with one attached hydrogen (secondary N) is 1. The molecular formula is C13H21NO. The second-order valence-corrected chi connectivity index (χ2v) is 3.80. The summed E-state index contributed by atoms with van der Waals surface area (Å²) < 4.78 is 5.82. The molecule has 0 saturated carbocycles. The van der Waals surface area contributed by atoms with Gasteiger partial charge in [0, 0.05) is 12.1 Å². The van der Waals surface area contributed by atoms with Crippen molar-refractivity contribution in [2.75, 3.05) is 13.7 Å². The minimum Gasteiger partial charge on any atom is -0.493 e. The Morgan fingerprint density at radius 1 is 1.33 bits per heavy atom. The molecule has 1 aromatic carbocycles. The molecule has 0 aromatic heterocycles. The fourth-order valence-electron chi connectivity index (χ4n) is 1.57. The van der Waals surface area contributed by atoms with Gasteiger partial charge < -0.3 is 10.1 Å². The van der Waals surface area contributed by atoms with Crippen LogP contribution < -0.4 is 10.1 Å². The predicted molar refractivity (Wildman–Crippen MR) is 64.3 cm³/mol. The Labute approximate surface area is 92.6 Å². The fourth-order valence-corrected chi connectivity index (χ4v) is 1.57. The first-order valence-corrected chi connectivity index (χ1v) is 5.65. The largest absolute Gasteiger partial charge is 0.493 e. The summed E-state index contributed by atoms with van der Waals surface area (Å²) in [4.78, 5) is 0. The highest BCUT2D eigenvalue weighted by Gasteiger charge is 2.05. The van der Waals surface area contributed by atoms with E-state index >= 15 is 0 Å². The molecule has 0 fully saturated rings. The summed E-state index contributed by atoms with van der Waals surface area (Å²) in [6.07, 6.45) is 2.29. The Morgan fingerprint density at radius 2 is 2.13 bits per heavy atom. The van der Waals surface area contributed by atoms with E-state index in [0.717, 1.165) is 25.3 Å². The van der Waals surface area contributed by atoms with Crippen LogP contribution in [0.2, 0.25) is 0 Å². The first kappa shape index (κ1) is 12.1. The lowest BCUT2D eigenvalue weighted by atomic mass is 10.1. The number of rotatable bonds is 6. The average Bonchev–Trinajstić information content (AvgIpc) is 2.23. The van der Waals surface area contributed by atoms with E-state index in [1.165, 1.54) is 17.5 Å². The van der Waals surface area contributed by atoms with E-state index in [1.807, 2.05) is 7.05 Å². The van der Waals surface area contributed by atoms with Crippen LogP contribution >= 0.6 is 0 Å². The van der Waals surface area contributed by atoms with Crippen LogP contribution in [-0.4, -0.2) is 13.7 Å². The van der Waals surface area contributed by atoms with Crippen molar-refractivity contribution in [1.29, 1.82) is 0 Å². The number of hydrogen-bond acceptors (Lipinski definition) is 2. The van der Waals surface area contributed by atoms with Crippen molar-refractivity contribution in [3.63, 3.8) is 0 Å². The second kappa shape index (κ2) is 6.46. The molecule has 84 valence electrons. The molecule has 0 atom stereocenters. The van der Waals surface area contributed by atoms with Gasteiger partial charge in [-0.2, -0.15) is 0 Å². The normalized spacial score (nSPS) is 10.3. The summed E-state index contributed by atoms with van der Waals surface area (Å²) in [6.45, 7) is 5.96. The molecule has 1 rings (SSSR count). The third kappa shape index (κ3) is 3.56. The molecule has 1 N–H and O–H groups in total. The molecular weight excluding hydrogens is 186 g/mol. The van der Waals surface area contributed by atoms with Gasteiger partial charge in [0.25, 0.3) is 0 Å². The Kier molecular flexibility index (Phi) is 5.19. The number of ether oxygens (including phenoxy) is 1. The van der Waals surface area contributed by atoms with Gasteiger partial charge in [0.2, 0.25) is 0 Å². The zero-order chi connectivity index (χ0) is 11.1. The predicted octanol–water partition coefficient (Wildman–Crippen LogP) is 2.89. The maximum atomic E-state index is 5.82. The van der Waals surface area contributed by atoms with Gasteiger partial charge in [-0.1, -0.05) is 31.5 Å². The first-order chi connectivity index (χ1) is 7.29. The molecule has 2 nitrogen and oxygen atoms in total. The molecule has 0 aliphatic rings. The van der Waals surface area contributed by atoms with E-state index in [-0.39, 0.29) is 0 Å². The summed E-state index contributed by atoms with van der Waals surface area (Å²) >= 11 is 0. The zero-order valence-corrected chi connectivity index (χ0v) is 9.97. The van der Waals surface area contributed by atoms with Crippen LogP contribution in [0.25, 0.3) is 0 Å². The van der Waals surface area contributed by atoms with Crippen molar-refractivity contribution in [3.8, 4) is 5.75 Å². The molecule has 0 aliphatic carbocycles. The van der Waals surface area contributed by atoms with E-state index in [4.69, 9.17) is 4.74 Å². The van der Waals surface area contributed by atoms with E-state index in [9.17, 15) is 0 Å². The van der Waals surface area contributed by atoms with Crippen molar-refractivity contribution in [3.05, 3.63) is 29.3 Å². The summed E-state index contributed by atoms with van der Waals surface area (Å²) in [5.41, 5.74) is 2.47.